The zero-order chi connectivity index (χ0) is 28.5. The third-order valence-electron chi connectivity index (χ3n) is 7.09. The zero-order valence-electron chi connectivity index (χ0n) is 22.6. The molecule has 1 amide bonds. The van der Waals surface area contributed by atoms with Gasteiger partial charge >= 0.3 is 5.97 Å². The molecule has 0 aliphatic heterocycles. The molecule has 10 heteroatoms. The number of hydrogen-bond donors (Lipinski definition) is 1. The average Bonchev–Trinajstić information content (AvgIpc) is 3.53. The van der Waals surface area contributed by atoms with Crippen LogP contribution in [0.15, 0.2) is 70.6 Å². The summed E-state index contributed by atoms with van der Waals surface area (Å²) in [6.07, 6.45) is 3.78. The van der Waals surface area contributed by atoms with E-state index in [2.05, 4.69) is 5.32 Å². The van der Waals surface area contributed by atoms with E-state index in [1.807, 2.05) is 67.6 Å². The number of esters is 1. The minimum absolute atomic E-state index is 0.0177. The van der Waals surface area contributed by atoms with Gasteiger partial charge in [0.05, 0.1) is 29.5 Å². The monoisotopic (exact) mass is 601 g/mol. The predicted octanol–water partition coefficient (Wildman–Crippen LogP) is 6.88. The Morgan fingerprint density at radius 1 is 1.02 bits per heavy atom. The Morgan fingerprint density at radius 2 is 1.73 bits per heavy atom. The smallest absolute Gasteiger partial charge is 0.341 e. The first-order valence-corrected chi connectivity index (χ1v) is 15.9. The Hall–Kier alpha value is -3.73. The molecule has 1 aliphatic rings. The lowest BCUT2D eigenvalue weighted by Gasteiger charge is -2.13. The van der Waals surface area contributed by atoms with E-state index in [4.69, 9.17) is 9.72 Å². The van der Waals surface area contributed by atoms with Crippen molar-refractivity contribution >= 4 is 61.5 Å². The first-order valence-electron chi connectivity index (χ1n) is 13.3. The number of amides is 1. The molecule has 7 nitrogen and oxygen atoms in total. The number of carbonyl (C=O) groups is 2. The minimum Gasteiger partial charge on any atom is -0.465 e. The Labute approximate surface area is 249 Å². The lowest BCUT2D eigenvalue weighted by atomic mass is 9.95. The molecule has 0 spiro atoms. The van der Waals surface area contributed by atoms with Crippen LogP contribution < -0.4 is 10.9 Å². The quantitative estimate of drug-likeness (QED) is 0.124. The number of benzene rings is 2. The zero-order valence-corrected chi connectivity index (χ0v) is 25.0. The second-order valence-electron chi connectivity index (χ2n) is 9.69. The van der Waals surface area contributed by atoms with Gasteiger partial charge in [-0.05, 0) is 55.9 Å². The molecule has 3 aromatic heterocycles. The molecule has 0 saturated heterocycles. The Kier molecular flexibility index (Phi) is 7.79. The summed E-state index contributed by atoms with van der Waals surface area (Å²) in [5.74, 6) is -0.691. The number of ether oxygens (including phenoxy) is 1. The number of rotatable bonds is 7. The molecular weight excluding hydrogens is 575 g/mol. The summed E-state index contributed by atoms with van der Waals surface area (Å²) in [7, 11) is 1.36. The average molecular weight is 602 g/mol. The highest BCUT2D eigenvalue weighted by atomic mass is 32.2. The van der Waals surface area contributed by atoms with E-state index >= 15 is 0 Å². The third-order valence-corrected chi connectivity index (χ3v) is 10.2. The molecule has 0 bridgehead atoms. The van der Waals surface area contributed by atoms with Gasteiger partial charge in [0.2, 0.25) is 5.91 Å². The molecule has 0 unspecified atom stereocenters. The van der Waals surface area contributed by atoms with Crippen molar-refractivity contribution in [2.45, 2.75) is 37.8 Å². The van der Waals surface area contributed by atoms with Crippen molar-refractivity contribution in [3.05, 3.63) is 91.9 Å². The molecule has 5 aromatic rings. The van der Waals surface area contributed by atoms with Crippen LogP contribution in [0.2, 0.25) is 0 Å². The minimum atomic E-state index is -0.431. The molecule has 0 radical (unpaired) electrons. The maximum Gasteiger partial charge on any atom is 0.341 e. The number of carbonyl (C=O) groups excluding carboxylic acids is 2. The van der Waals surface area contributed by atoms with Gasteiger partial charge in [-0.2, -0.15) is 0 Å². The van der Waals surface area contributed by atoms with Gasteiger partial charge in [-0.15, -0.1) is 22.7 Å². The van der Waals surface area contributed by atoms with Gasteiger partial charge in [0.25, 0.3) is 5.56 Å². The number of nitrogens with zero attached hydrogens (tertiary/aromatic N) is 2. The highest BCUT2D eigenvalue weighted by Crippen LogP contribution is 2.39. The summed E-state index contributed by atoms with van der Waals surface area (Å²) in [4.78, 5) is 47.6. The van der Waals surface area contributed by atoms with Crippen LogP contribution in [-0.4, -0.2) is 34.3 Å². The number of para-hydroxylation sites is 1. The first kappa shape index (κ1) is 27.4. The third kappa shape index (κ3) is 5.23. The highest BCUT2D eigenvalue weighted by molar-refractivity contribution is 7.99. The van der Waals surface area contributed by atoms with Gasteiger partial charge in [0.15, 0.2) is 5.16 Å². The number of fused-ring (bicyclic) bond motifs is 2. The van der Waals surface area contributed by atoms with Crippen molar-refractivity contribution in [3.8, 4) is 16.8 Å². The molecule has 2 aromatic carbocycles. The first-order chi connectivity index (χ1) is 20.0. The van der Waals surface area contributed by atoms with Gasteiger partial charge in [0, 0.05) is 15.3 Å². The molecule has 6 rings (SSSR count). The molecule has 41 heavy (non-hydrogen) atoms. The molecule has 1 N–H and O–H groups in total. The maximum absolute atomic E-state index is 14.1. The summed E-state index contributed by atoms with van der Waals surface area (Å²) in [6.45, 7) is 2.00. The normalized spacial score (nSPS) is 12.7. The van der Waals surface area contributed by atoms with Crippen molar-refractivity contribution in [2.24, 2.45) is 0 Å². The maximum atomic E-state index is 14.1. The van der Waals surface area contributed by atoms with Crippen LogP contribution in [0.5, 0.6) is 0 Å². The lowest BCUT2D eigenvalue weighted by Crippen LogP contribution is -2.23. The number of aryl methyl sites for hydroxylation is 2. The summed E-state index contributed by atoms with van der Waals surface area (Å²) in [6, 6.07) is 19.2. The SMILES string of the molecule is COC(=O)c1c(NC(=O)CSc2nc3sc(C)c(-c4ccccc4)c3c(=O)n2-c2ccccc2)sc2c1CCCC2. The number of aromatic nitrogens is 2. The molecule has 208 valence electrons. The predicted molar refractivity (Wildman–Crippen MR) is 167 cm³/mol. The van der Waals surface area contributed by atoms with Gasteiger partial charge in [-0.3, -0.25) is 14.2 Å². The summed E-state index contributed by atoms with van der Waals surface area (Å²) in [5.41, 5.74) is 3.81. The number of thioether (sulfide) groups is 1. The van der Waals surface area contributed by atoms with Crippen LogP contribution in [0.3, 0.4) is 0 Å². The Balaban J connectivity index is 1.36. The number of thiophene rings is 2. The fourth-order valence-corrected chi connectivity index (χ4v) is 8.45. The van der Waals surface area contributed by atoms with Gasteiger partial charge in [0.1, 0.15) is 9.83 Å². The lowest BCUT2D eigenvalue weighted by molar-refractivity contribution is -0.113. The number of nitrogens with one attached hydrogen (secondary N) is 1. The molecule has 0 fully saturated rings. The van der Waals surface area contributed by atoms with E-state index in [1.54, 1.807) is 4.57 Å². The van der Waals surface area contributed by atoms with Gasteiger partial charge < -0.3 is 10.1 Å². The number of hydrogen-bond acceptors (Lipinski definition) is 8. The van der Waals surface area contributed by atoms with Crippen LogP contribution >= 0.6 is 34.4 Å². The second kappa shape index (κ2) is 11.6. The van der Waals surface area contributed by atoms with E-state index in [1.165, 1.54) is 41.5 Å². The van der Waals surface area contributed by atoms with Crippen molar-refractivity contribution in [1.29, 1.82) is 0 Å². The molecule has 0 saturated carbocycles. The van der Waals surface area contributed by atoms with Crippen molar-refractivity contribution in [2.75, 3.05) is 18.2 Å². The Bertz CT molecular complexity index is 1820. The largest absolute Gasteiger partial charge is 0.465 e. The van der Waals surface area contributed by atoms with Crippen molar-refractivity contribution < 1.29 is 14.3 Å². The standard InChI is InChI=1S/C31H27N3O4S3/c1-18-24(19-11-5-3-6-12-19)26-28(40-18)33-31(34(29(26)36)20-13-7-4-8-14-20)39-17-23(35)32-27-25(30(37)38-2)21-15-9-10-16-22(21)41-27/h3-8,11-14H,9-10,15-17H2,1-2H3,(H,32,35). The van der Waals surface area contributed by atoms with Gasteiger partial charge in [-0.1, -0.05) is 60.3 Å². The van der Waals surface area contributed by atoms with Crippen LogP contribution in [0.25, 0.3) is 27.0 Å². The summed E-state index contributed by atoms with van der Waals surface area (Å²) < 4.78 is 6.62. The summed E-state index contributed by atoms with van der Waals surface area (Å²) >= 11 is 4.13. The second-order valence-corrected chi connectivity index (χ2v) is 12.9. The van der Waals surface area contributed by atoms with E-state index in [9.17, 15) is 14.4 Å². The topological polar surface area (TPSA) is 90.3 Å². The van der Waals surface area contributed by atoms with E-state index in [0.29, 0.717) is 31.6 Å². The van der Waals surface area contributed by atoms with Crippen molar-refractivity contribution in [1.82, 2.24) is 9.55 Å². The van der Waals surface area contributed by atoms with Crippen LogP contribution in [0, 0.1) is 6.92 Å². The van der Waals surface area contributed by atoms with Crippen LogP contribution in [0.1, 0.15) is 38.5 Å². The molecular formula is C31H27N3O4S3. The fourth-order valence-electron chi connectivity index (χ4n) is 5.26. The van der Waals surface area contributed by atoms with Gasteiger partial charge in [-0.25, -0.2) is 9.78 Å². The summed E-state index contributed by atoms with van der Waals surface area (Å²) in [5, 5.41) is 4.48. The molecule has 1 aliphatic carbocycles. The number of methoxy groups -OCH3 is 1. The molecule has 3 heterocycles. The Morgan fingerprint density at radius 3 is 2.46 bits per heavy atom. The number of anilines is 1. The molecule has 0 atom stereocenters. The highest BCUT2D eigenvalue weighted by Gasteiger charge is 2.27. The van der Waals surface area contributed by atoms with E-state index in [-0.39, 0.29) is 17.2 Å². The van der Waals surface area contributed by atoms with Crippen LogP contribution in [0.4, 0.5) is 5.00 Å². The fraction of sp³-hybridized carbons (Fsp3) is 0.226. The van der Waals surface area contributed by atoms with Crippen LogP contribution in [-0.2, 0) is 22.4 Å². The van der Waals surface area contributed by atoms with E-state index in [0.717, 1.165) is 52.1 Å². The van der Waals surface area contributed by atoms with E-state index < -0.39 is 5.97 Å². The van der Waals surface area contributed by atoms with Crippen molar-refractivity contribution in [3.63, 3.8) is 0 Å².